The summed E-state index contributed by atoms with van der Waals surface area (Å²) >= 11 is 3.08. The second-order valence-electron chi connectivity index (χ2n) is 8.74. The Morgan fingerprint density at radius 1 is 1.11 bits per heavy atom. The number of benzene rings is 1. The van der Waals surface area contributed by atoms with Crippen LogP contribution in [0.1, 0.15) is 12.5 Å². The van der Waals surface area contributed by atoms with E-state index in [1.54, 1.807) is 25.3 Å². The van der Waals surface area contributed by atoms with Crippen molar-refractivity contribution in [2.45, 2.75) is 13.8 Å². The first-order valence-corrected chi connectivity index (χ1v) is 13.8. The van der Waals surface area contributed by atoms with E-state index < -0.39 is 5.91 Å². The summed E-state index contributed by atoms with van der Waals surface area (Å²) in [7, 11) is 1.68. The molecule has 1 aliphatic rings. The van der Waals surface area contributed by atoms with Crippen molar-refractivity contribution in [3.8, 4) is 26.9 Å². The molecule has 0 unspecified atom stereocenters. The fourth-order valence-electron chi connectivity index (χ4n) is 4.24. The molecule has 0 fully saturated rings. The normalized spacial score (nSPS) is 13.5. The van der Waals surface area contributed by atoms with Crippen molar-refractivity contribution in [3.05, 3.63) is 59.0 Å². The highest BCUT2D eigenvalue weighted by atomic mass is 32.1. The standard InChI is InChI=1S/C27H27N5O4S2/c1-16-15-21(34)32(27(16)35)31(3)25-22-17(2)23(38-26(22)30-24(29-25)20-5-4-14-37-20)18-6-8-19(9-7-18)36-13-11-28-10-12-33/h4-9,14-15,28,33H,10-13H2,1-3H3. The lowest BCUT2D eigenvalue weighted by molar-refractivity contribution is -0.137. The van der Waals surface area contributed by atoms with Crippen LogP contribution in [0.4, 0.5) is 5.82 Å². The molecule has 0 bridgehead atoms. The van der Waals surface area contributed by atoms with Crippen molar-refractivity contribution in [1.29, 1.82) is 0 Å². The highest BCUT2D eigenvalue weighted by molar-refractivity contribution is 7.22. The van der Waals surface area contributed by atoms with E-state index in [9.17, 15) is 9.59 Å². The Kier molecular flexibility index (Phi) is 7.52. The van der Waals surface area contributed by atoms with E-state index in [2.05, 4.69) is 5.32 Å². The summed E-state index contributed by atoms with van der Waals surface area (Å²) in [6.07, 6.45) is 1.34. The van der Waals surface area contributed by atoms with E-state index in [4.69, 9.17) is 19.8 Å². The zero-order chi connectivity index (χ0) is 26.8. The molecule has 196 valence electrons. The van der Waals surface area contributed by atoms with Crippen molar-refractivity contribution in [2.75, 3.05) is 38.4 Å². The molecule has 1 aliphatic heterocycles. The van der Waals surface area contributed by atoms with Crippen LogP contribution in [0.2, 0.25) is 0 Å². The third-order valence-electron chi connectivity index (χ3n) is 6.15. The molecular formula is C27H27N5O4S2. The molecule has 3 aromatic heterocycles. The monoisotopic (exact) mass is 549 g/mol. The Morgan fingerprint density at radius 3 is 2.55 bits per heavy atom. The summed E-state index contributed by atoms with van der Waals surface area (Å²) in [6.45, 7) is 5.43. The van der Waals surface area contributed by atoms with Crippen LogP contribution in [-0.4, -0.2) is 65.2 Å². The number of aryl methyl sites for hydroxylation is 1. The molecule has 0 spiro atoms. The highest BCUT2D eigenvalue weighted by Gasteiger charge is 2.34. The summed E-state index contributed by atoms with van der Waals surface area (Å²) < 4.78 is 5.78. The SMILES string of the molecule is CC1=CC(=O)N(N(C)c2nc(-c3cccs3)nc3sc(-c4ccc(OCCNCCO)cc4)c(C)c23)C1=O. The maximum Gasteiger partial charge on any atom is 0.275 e. The average molecular weight is 550 g/mol. The van der Waals surface area contributed by atoms with Gasteiger partial charge < -0.3 is 15.2 Å². The highest BCUT2D eigenvalue weighted by Crippen LogP contribution is 2.43. The Hall–Kier alpha value is -3.64. The van der Waals surface area contributed by atoms with Gasteiger partial charge in [-0.2, -0.15) is 5.01 Å². The molecule has 4 aromatic rings. The van der Waals surface area contributed by atoms with Gasteiger partial charge in [0.2, 0.25) is 0 Å². The van der Waals surface area contributed by atoms with Gasteiger partial charge in [0.05, 0.1) is 16.9 Å². The van der Waals surface area contributed by atoms with Crippen molar-refractivity contribution >= 4 is 50.5 Å². The summed E-state index contributed by atoms with van der Waals surface area (Å²) in [5.74, 6) is 1.04. The third kappa shape index (κ3) is 4.93. The quantitative estimate of drug-likeness (QED) is 0.226. The zero-order valence-electron chi connectivity index (χ0n) is 21.2. The molecule has 38 heavy (non-hydrogen) atoms. The summed E-state index contributed by atoms with van der Waals surface area (Å²) in [5, 5.41) is 17.3. The minimum Gasteiger partial charge on any atom is -0.492 e. The number of aromatic nitrogens is 2. The lowest BCUT2D eigenvalue weighted by Crippen LogP contribution is -2.45. The number of rotatable bonds is 10. The number of hydrogen-bond acceptors (Lipinski definition) is 10. The molecule has 2 N–H and O–H groups in total. The number of hydrazine groups is 1. The fraction of sp³-hybridized carbons (Fsp3) is 0.259. The van der Waals surface area contributed by atoms with Gasteiger partial charge in [0.1, 0.15) is 17.2 Å². The van der Waals surface area contributed by atoms with Gasteiger partial charge in [0.25, 0.3) is 11.8 Å². The number of anilines is 1. The number of aliphatic hydroxyl groups excluding tert-OH is 1. The number of nitrogens with one attached hydrogen (secondary N) is 1. The van der Waals surface area contributed by atoms with Crippen molar-refractivity contribution in [2.24, 2.45) is 0 Å². The lowest BCUT2D eigenvalue weighted by atomic mass is 10.1. The molecule has 0 saturated carbocycles. The minimum absolute atomic E-state index is 0.0983. The van der Waals surface area contributed by atoms with E-state index >= 15 is 0 Å². The largest absolute Gasteiger partial charge is 0.492 e. The molecule has 0 atom stereocenters. The van der Waals surface area contributed by atoms with Gasteiger partial charge in [0.15, 0.2) is 11.6 Å². The van der Waals surface area contributed by atoms with Crippen LogP contribution in [-0.2, 0) is 9.59 Å². The van der Waals surface area contributed by atoms with Gasteiger partial charge in [-0.15, -0.1) is 22.7 Å². The Bertz CT molecular complexity index is 1510. The van der Waals surface area contributed by atoms with E-state index in [0.717, 1.165) is 41.9 Å². The van der Waals surface area contributed by atoms with E-state index in [1.807, 2.05) is 48.7 Å². The number of carbonyl (C=O) groups is 2. The minimum atomic E-state index is -0.394. The number of thiophene rings is 2. The van der Waals surface area contributed by atoms with Crippen LogP contribution in [0.5, 0.6) is 5.75 Å². The number of amides is 2. The fourth-order valence-corrected chi connectivity index (χ4v) is 6.08. The first-order chi connectivity index (χ1) is 18.4. The number of nitrogens with zero attached hydrogens (tertiary/aromatic N) is 4. The molecule has 9 nitrogen and oxygen atoms in total. The van der Waals surface area contributed by atoms with Gasteiger partial charge in [-0.05, 0) is 60.7 Å². The van der Waals surface area contributed by atoms with Crippen LogP contribution in [0.3, 0.4) is 0 Å². The predicted molar refractivity (Wildman–Crippen MR) is 150 cm³/mol. The lowest BCUT2D eigenvalue weighted by Gasteiger charge is -2.28. The van der Waals surface area contributed by atoms with Crippen LogP contribution in [0.25, 0.3) is 31.4 Å². The zero-order valence-corrected chi connectivity index (χ0v) is 22.9. The van der Waals surface area contributed by atoms with Crippen LogP contribution < -0.4 is 15.1 Å². The Balaban J connectivity index is 1.52. The van der Waals surface area contributed by atoms with Crippen molar-refractivity contribution in [1.82, 2.24) is 20.3 Å². The maximum absolute atomic E-state index is 12.8. The van der Waals surface area contributed by atoms with Gasteiger partial charge in [-0.25, -0.2) is 9.97 Å². The molecule has 4 heterocycles. The Morgan fingerprint density at radius 2 is 1.89 bits per heavy atom. The molecule has 1 aromatic carbocycles. The molecule has 0 aliphatic carbocycles. The summed E-state index contributed by atoms with van der Waals surface area (Å²) in [6, 6.07) is 11.8. The number of fused-ring (bicyclic) bond motifs is 1. The number of imide groups is 1. The number of aliphatic hydroxyl groups is 1. The molecule has 11 heteroatoms. The van der Waals surface area contributed by atoms with Gasteiger partial charge in [-0.3, -0.25) is 14.6 Å². The second-order valence-corrected chi connectivity index (χ2v) is 10.7. The number of carbonyl (C=O) groups excluding carboxylic acids is 2. The van der Waals surface area contributed by atoms with Crippen LogP contribution >= 0.6 is 22.7 Å². The summed E-state index contributed by atoms with van der Waals surface area (Å²) in [5.41, 5.74) is 2.36. The van der Waals surface area contributed by atoms with Gasteiger partial charge in [-0.1, -0.05) is 6.07 Å². The first kappa shape index (κ1) is 26.0. The number of hydrogen-bond donors (Lipinski definition) is 2. The smallest absolute Gasteiger partial charge is 0.275 e. The molecule has 2 amide bonds. The van der Waals surface area contributed by atoms with E-state index in [-0.39, 0.29) is 12.5 Å². The second kappa shape index (κ2) is 11.0. The summed E-state index contributed by atoms with van der Waals surface area (Å²) in [4.78, 5) is 37.8. The number of ether oxygens (including phenoxy) is 1. The maximum atomic E-state index is 12.8. The third-order valence-corrected chi connectivity index (χ3v) is 8.25. The average Bonchev–Trinajstić information content (AvgIpc) is 3.62. The van der Waals surface area contributed by atoms with Gasteiger partial charge in [0, 0.05) is 36.7 Å². The molecule has 0 radical (unpaired) electrons. The Labute approximate surface area is 228 Å². The van der Waals surface area contributed by atoms with Crippen molar-refractivity contribution in [3.63, 3.8) is 0 Å². The molecule has 0 saturated heterocycles. The molecular weight excluding hydrogens is 522 g/mol. The molecule has 5 rings (SSSR count). The van der Waals surface area contributed by atoms with E-state index in [0.29, 0.717) is 36.9 Å². The van der Waals surface area contributed by atoms with Crippen molar-refractivity contribution < 1.29 is 19.4 Å². The topological polar surface area (TPSA) is 108 Å². The van der Waals surface area contributed by atoms with Gasteiger partial charge >= 0.3 is 0 Å². The van der Waals surface area contributed by atoms with Crippen LogP contribution in [0.15, 0.2) is 53.4 Å². The first-order valence-electron chi connectivity index (χ1n) is 12.1. The predicted octanol–water partition coefficient (Wildman–Crippen LogP) is 4.02. The van der Waals surface area contributed by atoms with Crippen LogP contribution in [0, 0.1) is 6.92 Å². The van der Waals surface area contributed by atoms with E-state index in [1.165, 1.54) is 22.4 Å².